The average Bonchev–Trinajstić information content (AvgIpc) is 3.50. The number of para-hydroxylation sites is 2. The average molecular weight is 767 g/mol. The first kappa shape index (κ1) is 38.9. The first-order valence-corrected chi connectivity index (χ1v) is 19.7. The molecule has 0 bridgehead atoms. The Labute approximate surface area is 321 Å². The third kappa shape index (κ3) is 8.94. The van der Waals surface area contributed by atoms with E-state index in [1.807, 2.05) is 54.6 Å². The molecule has 12 nitrogen and oxygen atoms in total. The van der Waals surface area contributed by atoms with Gasteiger partial charge in [-0.2, -0.15) is 0 Å². The largest absolute Gasteiger partial charge is 0.460 e. The van der Waals surface area contributed by atoms with Crippen LogP contribution in [0.5, 0.6) is 0 Å². The van der Waals surface area contributed by atoms with Gasteiger partial charge in [-0.1, -0.05) is 42.5 Å². The fraction of sp³-hybridized carbons (Fsp3) is 0.310. The predicted molar refractivity (Wildman–Crippen MR) is 212 cm³/mol. The van der Waals surface area contributed by atoms with E-state index in [4.69, 9.17) is 13.9 Å². The van der Waals surface area contributed by atoms with E-state index in [1.165, 1.54) is 10.4 Å². The molecule has 1 N–H and O–H groups in total. The van der Waals surface area contributed by atoms with Crippen LogP contribution in [-0.4, -0.2) is 76.2 Å². The molecule has 0 saturated carbocycles. The molecule has 2 heterocycles. The van der Waals surface area contributed by atoms with Crippen LogP contribution in [0.2, 0.25) is 0 Å². The number of piperazine rings is 1. The summed E-state index contributed by atoms with van der Waals surface area (Å²) in [5.41, 5.74) is 3.49. The van der Waals surface area contributed by atoms with Crippen molar-refractivity contribution in [2.24, 2.45) is 0 Å². The van der Waals surface area contributed by atoms with Crippen molar-refractivity contribution >= 4 is 56.0 Å². The number of amides is 2. The summed E-state index contributed by atoms with van der Waals surface area (Å²) in [6.45, 7) is 10.9. The van der Waals surface area contributed by atoms with Crippen LogP contribution < -0.4 is 14.5 Å². The number of rotatable bonds is 11. The van der Waals surface area contributed by atoms with Crippen LogP contribution in [0.4, 0.5) is 21.9 Å². The summed E-state index contributed by atoms with van der Waals surface area (Å²) in [5, 5.41) is 3.19. The summed E-state index contributed by atoms with van der Waals surface area (Å²) < 4.78 is 47.1. The molecule has 4 aromatic carbocycles. The van der Waals surface area contributed by atoms with E-state index < -0.39 is 27.7 Å². The Kier molecular flexibility index (Phi) is 11.5. The third-order valence-electron chi connectivity index (χ3n) is 9.24. The molecule has 1 saturated heterocycles. The molecule has 1 fully saturated rings. The van der Waals surface area contributed by atoms with Crippen molar-refractivity contribution in [2.75, 3.05) is 53.9 Å². The Morgan fingerprint density at radius 1 is 0.873 bits per heavy atom. The van der Waals surface area contributed by atoms with Crippen molar-refractivity contribution < 1.29 is 36.7 Å². The molecule has 1 aromatic heterocycles. The molecule has 288 valence electrons. The maximum absolute atomic E-state index is 14.7. The van der Waals surface area contributed by atoms with Gasteiger partial charge in [0.25, 0.3) is 15.9 Å². The summed E-state index contributed by atoms with van der Waals surface area (Å²) in [7, 11) is -4.15. The van der Waals surface area contributed by atoms with Crippen molar-refractivity contribution in [2.45, 2.75) is 51.5 Å². The van der Waals surface area contributed by atoms with Crippen LogP contribution in [0.1, 0.15) is 59.7 Å². The zero-order valence-corrected chi connectivity index (χ0v) is 32.5. The number of sulfonamides is 1. The molecule has 0 spiro atoms. The van der Waals surface area contributed by atoms with Gasteiger partial charge in [0.05, 0.1) is 22.9 Å². The lowest BCUT2D eigenvalue weighted by Gasteiger charge is -2.38. The number of fused-ring (bicyclic) bond motifs is 1. The molecular formula is C42H46N4O8S. The maximum Gasteiger partial charge on any atom is 0.412 e. The Morgan fingerprint density at radius 3 is 2.22 bits per heavy atom. The van der Waals surface area contributed by atoms with E-state index in [9.17, 15) is 22.8 Å². The van der Waals surface area contributed by atoms with E-state index in [2.05, 4.69) is 10.2 Å². The van der Waals surface area contributed by atoms with E-state index in [1.54, 1.807) is 75.9 Å². The first-order valence-electron chi connectivity index (χ1n) is 18.3. The third-order valence-corrected chi connectivity index (χ3v) is 11.0. The van der Waals surface area contributed by atoms with Gasteiger partial charge in [0, 0.05) is 54.9 Å². The minimum Gasteiger partial charge on any atom is -0.460 e. The van der Waals surface area contributed by atoms with Gasteiger partial charge in [0.15, 0.2) is 0 Å². The maximum atomic E-state index is 14.7. The van der Waals surface area contributed by atoms with Gasteiger partial charge in [0.2, 0.25) is 5.76 Å². The molecule has 2 amide bonds. The smallest absolute Gasteiger partial charge is 0.412 e. The predicted octanol–water partition coefficient (Wildman–Crippen LogP) is 7.67. The number of furan rings is 1. The Hall–Kier alpha value is -5.82. The van der Waals surface area contributed by atoms with Crippen molar-refractivity contribution in [1.29, 1.82) is 0 Å². The van der Waals surface area contributed by atoms with Gasteiger partial charge in [-0.05, 0) is 101 Å². The molecule has 1 aliphatic rings. The van der Waals surface area contributed by atoms with Gasteiger partial charge in [-0.25, -0.2) is 18.0 Å². The highest BCUT2D eigenvalue weighted by Crippen LogP contribution is 2.36. The molecular weight excluding hydrogens is 721 g/mol. The lowest BCUT2D eigenvalue weighted by Crippen LogP contribution is -2.49. The zero-order valence-electron chi connectivity index (χ0n) is 31.7. The Morgan fingerprint density at radius 2 is 1.55 bits per heavy atom. The van der Waals surface area contributed by atoms with E-state index in [0.717, 1.165) is 11.3 Å². The van der Waals surface area contributed by atoms with Crippen molar-refractivity contribution in [3.8, 4) is 0 Å². The standard InChI is InChI=1S/C42H46N4O8S/c1-6-52-40(48)38-29(2)34-28-33(20-21-37(34)53-38)55(50,51)46(23-22-30-12-8-7-9-13-30)36-15-11-10-14-35(36)44-24-26-45(27-25-44)39(47)31-16-18-32(19-17-31)43-41(49)54-42(3,4)5/h7-21,28H,6,22-27H2,1-5H3,(H,43,49). The number of carbonyl (C=O) groups excluding carboxylic acids is 3. The number of benzene rings is 4. The molecule has 0 radical (unpaired) electrons. The van der Waals surface area contributed by atoms with Crippen LogP contribution in [0.3, 0.4) is 0 Å². The minimum atomic E-state index is -4.15. The molecule has 6 rings (SSSR count). The summed E-state index contributed by atoms with van der Waals surface area (Å²) >= 11 is 0. The Balaban J connectivity index is 1.23. The van der Waals surface area contributed by atoms with Crippen LogP contribution in [0.15, 0.2) is 106 Å². The summed E-state index contributed by atoms with van der Waals surface area (Å²) in [5.74, 6) is -0.700. The number of ether oxygens (including phenoxy) is 2. The van der Waals surface area contributed by atoms with E-state index in [-0.39, 0.29) is 29.7 Å². The zero-order chi connectivity index (χ0) is 39.3. The fourth-order valence-electron chi connectivity index (χ4n) is 6.52. The highest BCUT2D eigenvalue weighted by atomic mass is 32.2. The fourth-order valence-corrected chi connectivity index (χ4v) is 8.02. The second-order valence-electron chi connectivity index (χ2n) is 14.2. The SMILES string of the molecule is CCOC(=O)c1oc2ccc(S(=O)(=O)N(CCc3ccccc3)c3ccccc3N3CCN(C(=O)c4ccc(NC(=O)OC(C)(C)C)cc4)CC3)cc2c1C. The molecule has 5 aromatic rings. The Bertz CT molecular complexity index is 2270. The van der Waals surface area contributed by atoms with Crippen molar-refractivity contribution in [3.05, 3.63) is 120 Å². The van der Waals surface area contributed by atoms with Gasteiger partial charge < -0.3 is 23.7 Å². The van der Waals surface area contributed by atoms with Gasteiger partial charge in [-0.15, -0.1) is 0 Å². The summed E-state index contributed by atoms with van der Waals surface area (Å²) in [6, 6.07) is 28.4. The normalized spacial score (nSPS) is 13.4. The monoisotopic (exact) mass is 766 g/mol. The summed E-state index contributed by atoms with van der Waals surface area (Å²) in [4.78, 5) is 42.2. The molecule has 13 heteroatoms. The number of anilines is 3. The van der Waals surface area contributed by atoms with Crippen LogP contribution in [-0.2, 0) is 25.9 Å². The van der Waals surface area contributed by atoms with E-state index >= 15 is 0 Å². The molecule has 0 unspecified atom stereocenters. The molecule has 0 atom stereocenters. The van der Waals surface area contributed by atoms with Crippen LogP contribution in [0.25, 0.3) is 11.0 Å². The second-order valence-corrected chi connectivity index (χ2v) is 16.1. The summed E-state index contributed by atoms with van der Waals surface area (Å²) in [6.07, 6.45) is -0.115. The molecule has 0 aliphatic carbocycles. The van der Waals surface area contributed by atoms with Crippen molar-refractivity contribution in [1.82, 2.24) is 4.90 Å². The van der Waals surface area contributed by atoms with Crippen molar-refractivity contribution in [3.63, 3.8) is 0 Å². The number of carbonyl (C=O) groups is 3. The number of nitrogens with zero attached hydrogens (tertiary/aromatic N) is 3. The quantitative estimate of drug-likeness (QED) is 0.134. The number of esters is 1. The van der Waals surface area contributed by atoms with E-state index in [0.29, 0.717) is 66.1 Å². The highest BCUT2D eigenvalue weighted by molar-refractivity contribution is 7.92. The van der Waals surface area contributed by atoms with Gasteiger partial charge in [0.1, 0.15) is 11.2 Å². The lowest BCUT2D eigenvalue weighted by atomic mass is 10.1. The second kappa shape index (κ2) is 16.3. The molecule has 1 aliphatic heterocycles. The van der Waals surface area contributed by atoms with Crippen LogP contribution >= 0.6 is 0 Å². The van der Waals surface area contributed by atoms with Gasteiger partial charge >= 0.3 is 12.1 Å². The van der Waals surface area contributed by atoms with Crippen LogP contribution in [0, 0.1) is 6.92 Å². The number of aryl methyl sites for hydroxylation is 1. The first-order chi connectivity index (χ1) is 26.2. The highest BCUT2D eigenvalue weighted by Gasteiger charge is 2.31. The van der Waals surface area contributed by atoms with Gasteiger partial charge in [-0.3, -0.25) is 14.4 Å². The topological polar surface area (TPSA) is 139 Å². The lowest BCUT2D eigenvalue weighted by molar-refractivity contribution is 0.0490. The number of hydrogen-bond acceptors (Lipinski definition) is 9. The number of nitrogens with one attached hydrogen (secondary N) is 1. The number of hydrogen-bond donors (Lipinski definition) is 1. The molecule has 55 heavy (non-hydrogen) atoms. The minimum absolute atomic E-state index is 0.0440.